The van der Waals surface area contributed by atoms with Gasteiger partial charge in [0.15, 0.2) is 0 Å². The van der Waals surface area contributed by atoms with E-state index in [1.807, 2.05) is 0 Å². The van der Waals surface area contributed by atoms with Crippen molar-refractivity contribution in [2.45, 2.75) is 11.7 Å². The molecule has 1 unspecified atom stereocenters. The standard InChI is InChI=1S/C10H7Cl3FNO3S/c11-5-1-7(12)10(8(14)2-5)15-4-6(3-9(15)16)19(13,17)18/h1-2,6H,3-4H2. The Labute approximate surface area is 123 Å². The normalized spacial score (nSPS) is 20.1. The van der Waals surface area contributed by atoms with Gasteiger partial charge in [-0.15, -0.1) is 0 Å². The van der Waals surface area contributed by atoms with Crippen LogP contribution < -0.4 is 4.90 Å². The van der Waals surface area contributed by atoms with Crippen molar-refractivity contribution in [3.8, 4) is 0 Å². The Bertz CT molecular complexity index is 626. The molecule has 1 atom stereocenters. The highest BCUT2D eigenvalue weighted by molar-refractivity contribution is 8.14. The summed E-state index contributed by atoms with van der Waals surface area (Å²) in [4.78, 5) is 12.7. The Hall–Kier alpha value is -0.560. The van der Waals surface area contributed by atoms with Crippen LogP contribution in [0.1, 0.15) is 6.42 Å². The van der Waals surface area contributed by atoms with Gasteiger partial charge >= 0.3 is 0 Å². The molecule has 19 heavy (non-hydrogen) atoms. The molecule has 0 N–H and O–H groups in total. The molecule has 1 fully saturated rings. The maximum atomic E-state index is 13.8. The molecule has 1 saturated heterocycles. The van der Waals surface area contributed by atoms with E-state index in [-0.39, 0.29) is 28.7 Å². The quantitative estimate of drug-likeness (QED) is 0.774. The van der Waals surface area contributed by atoms with Crippen LogP contribution in [0.3, 0.4) is 0 Å². The molecule has 1 aliphatic heterocycles. The molecule has 4 nitrogen and oxygen atoms in total. The van der Waals surface area contributed by atoms with E-state index in [1.165, 1.54) is 6.07 Å². The second-order valence-corrected chi connectivity index (χ2v) is 7.78. The lowest BCUT2D eigenvalue weighted by Crippen LogP contribution is -2.27. The summed E-state index contributed by atoms with van der Waals surface area (Å²) >= 11 is 11.5. The summed E-state index contributed by atoms with van der Waals surface area (Å²) in [5, 5.41) is -1.06. The van der Waals surface area contributed by atoms with Crippen molar-refractivity contribution < 1.29 is 17.6 Å². The topological polar surface area (TPSA) is 54.5 Å². The van der Waals surface area contributed by atoms with Crippen molar-refractivity contribution in [1.29, 1.82) is 0 Å². The second-order valence-electron chi connectivity index (χ2n) is 4.02. The van der Waals surface area contributed by atoms with Crippen LogP contribution in [0.2, 0.25) is 10.0 Å². The third-order valence-electron chi connectivity index (χ3n) is 2.74. The van der Waals surface area contributed by atoms with Gasteiger partial charge in [-0.1, -0.05) is 23.2 Å². The monoisotopic (exact) mass is 345 g/mol. The number of hydrogen-bond acceptors (Lipinski definition) is 3. The largest absolute Gasteiger partial charge is 0.307 e. The van der Waals surface area contributed by atoms with E-state index in [4.69, 9.17) is 33.9 Å². The molecule has 0 spiro atoms. The molecule has 0 radical (unpaired) electrons. The third kappa shape index (κ3) is 2.97. The molecule has 2 rings (SSSR count). The zero-order valence-electron chi connectivity index (χ0n) is 9.24. The van der Waals surface area contributed by atoms with E-state index in [1.54, 1.807) is 0 Å². The van der Waals surface area contributed by atoms with Gasteiger partial charge in [0.25, 0.3) is 0 Å². The Morgan fingerprint density at radius 3 is 2.42 bits per heavy atom. The molecule has 1 aromatic carbocycles. The Kier molecular flexibility index (Phi) is 3.97. The lowest BCUT2D eigenvalue weighted by atomic mass is 10.3. The van der Waals surface area contributed by atoms with Crippen molar-refractivity contribution >= 4 is 54.5 Å². The molecular formula is C10H7Cl3FNO3S. The number of anilines is 1. The van der Waals surface area contributed by atoms with Crippen LogP contribution in [0.25, 0.3) is 0 Å². The van der Waals surface area contributed by atoms with Crippen LogP contribution in [-0.4, -0.2) is 26.1 Å². The molecule has 1 aromatic rings. The summed E-state index contributed by atoms with van der Waals surface area (Å²) in [5.74, 6) is -1.35. The molecule has 1 amide bonds. The van der Waals surface area contributed by atoms with Gasteiger partial charge in [0, 0.05) is 28.7 Å². The smallest absolute Gasteiger partial charge is 0.237 e. The fraction of sp³-hybridized carbons (Fsp3) is 0.300. The van der Waals surface area contributed by atoms with Gasteiger partial charge in [-0.05, 0) is 12.1 Å². The molecule has 9 heteroatoms. The lowest BCUT2D eigenvalue weighted by molar-refractivity contribution is -0.117. The van der Waals surface area contributed by atoms with Gasteiger partial charge < -0.3 is 4.90 Å². The van der Waals surface area contributed by atoms with Crippen LogP contribution in [-0.2, 0) is 13.8 Å². The van der Waals surface area contributed by atoms with Gasteiger partial charge in [0.05, 0.1) is 10.7 Å². The highest BCUT2D eigenvalue weighted by atomic mass is 35.7. The summed E-state index contributed by atoms with van der Waals surface area (Å²) in [7, 11) is 1.32. The molecule has 0 aromatic heterocycles. The second kappa shape index (κ2) is 5.09. The minimum absolute atomic E-state index is 0.0639. The van der Waals surface area contributed by atoms with Gasteiger partial charge in [0.1, 0.15) is 11.1 Å². The predicted molar refractivity (Wildman–Crippen MR) is 72.0 cm³/mol. The molecule has 1 aliphatic rings. The Morgan fingerprint density at radius 1 is 1.32 bits per heavy atom. The van der Waals surface area contributed by atoms with Crippen LogP contribution in [0.15, 0.2) is 12.1 Å². The van der Waals surface area contributed by atoms with E-state index in [9.17, 15) is 17.6 Å². The van der Waals surface area contributed by atoms with Crippen molar-refractivity contribution in [2.75, 3.05) is 11.4 Å². The highest BCUT2D eigenvalue weighted by Crippen LogP contribution is 2.36. The Morgan fingerprint density at radius 2 is 1.95 bits per heavy atom. The first-order chi connectivity index (χ1) is 8.70. The van der Waals surface area contributed by atoms with Crippen LogP contribution in [0, 0.1) is 5.82 Å². The SMILES string of the molecule is O=C1CC(S(=O)(=O)Cl)CN1c1c(F)cc(Cl)cc1Cl. The summed E-state index contributed by atoms with van der Waals surface area (Å²) in [6.07, 6.45) is -0.301. The fourth-order valence-electron chi connectivity index (χ4n) is 1.87. The van der Waals surface area contributed by atoms with Gasteiger partial charge in [-0.2, -0.15) is 0 Å². The molecule has 104 valence electrons. The first-order valence-corrected chi connectivity index (χ1v) is 8.21. The predicted octanol–water partition coefficient (Wildman–Crippen LogP) is 2.81. The van der Waals surface area contributed by atoms with Gasteiger partial charge in [-0.3, -0.25) is 4.79 Å². The van der Waals surface area contributed by atoms with E-state index in [0.29, 0.717) is 0 Å². The summed E-state index contributed by atoms with van der Waals surface area (Å²) in [6.45, 7) is -0.233. The van der Waals surface area contributed by atoms with Crippen LogP contribution in [0.4, 0.5) is 10.1 Å². The number of amides is 1. The van der Waals surface area contributed by atoms with Crippen molar-refractivity contribution in [3.63, 3.8) is 0 Å². The van der Waals surface area contributed by atoms with E-state index < -0.39 is 26.0 Å². The first kappa shape index (κ1) is 14.8. The summed E-state index contributed by atoms with van der Waals surface area (Å²) in [5.41, 5.74) is -0.182. The maximum Gasteiger partial charge on any atom is 0.237 e. The van der Waals surface area contributed by atoms with Crippen LogP contribution >= 0.6 is 33.9 Å². The number of halogens is 4. The lowest BCUT2D eigenvalue weighted by Gasteiger charge is -2.18. The fourth-order valence-corrected chi connectivity index (χ4v) is 3.47. The number of carbonyl (C=O) groups excluding carboxylic acids is 1. The first-order valence-electron chi connectivity index (χ1n) is 5.08. The van der Waals surface area contributed by atoms with Crippen molar-refractivity contribution in [2.24, 2.45) is 0 Å². The molecular weight excluding hydrogens is 340 g/mol. The molecule has 0 aliphatic carbocycles. The maximum absolute atomic E-state index is 13.8. The number of carbonyl (C=O) groups is 1. The van der Waals surface area contributed by atoms with E-state index in [2.05, 4.69) is 0 Å². The number of rotatable bonds is 2. The summed E-state index contributed by atoms with van der Waals surface area (Å²) in [6, 6.07) is 2.27. The number of hydrogen-bond donors (Lipinski definition) is 0. The summed E-state index contributed by atoms with van der Waals surface area (Å²) < 4.78 is 36.3. The average Bonchev–Trinajstić information content (AvgIpc) is 2.59. The minimum atomic E-state index is -3.89. The van der Waals surface area contributed by atoms with Gasteiger partial charge in [0.2, 0.25) is 15.0 Å². The number of nitrogens with zero attached hydrogens (tertiary/aromatic N) is 1. The number of benzene rings is 1. The Balaban J connectivity index is 2.42. The molecule has 1 heterocycles. The zero-order chi connectivity index (χ0) is 14.4. The third-order valence-corrected chi connectivity index (χ3v) is 5.11. The average molecular weight is 347 g/mol. The minimum Gasteiger partial charge on any atom is -0.307 e. The van der Waals surface area contributed by atoms with Crippen molar-refractivity contribution in [1.82, 2.24) is 0 Å². The highest BCUT2D eigenvalue weighted by Gasteiger charge is 2.39. The van der Waals surface area contributed by atoms with E-state index in [0.717, 1.165) is 11.0 Å². The zero-order valence-corrected chi connectivity index (χ0v) is 12.3. The van der Waals surface area contributed by atoms with E-state index >= 15 is 0 Å². The van der Waals surface area contributed by atoms with Crippen molar-refractivity contribution in [3.05, 3.63) is 28.0 Å². The molecule has 0 saturated carbocycles. The van der Waals surface area contributed by atoms with Gasteiger partial charge in [-0.25, -0.2) is 12.8 Å². The molecule has 0 bridgehead atoms. The van der Waals surface area contributed by atoms with Crippen LogP contribution in [0.5, 0.6) is 0 Å².